The second-order valence-corrected chi connectivity index (χ2v) is 6.25. The molecular formula is C20H16ClN3. The van der Waals surface area contributed by atoms with Crippen molar-refractivity contribution in [3.8, 4) is 11.3 Å². The highest BCUT2D eigenvalue weighted by Gasteiger charge is 2.09. The molecule has 0 aliphatic heterocycles. The van der Waals surface area contributed by atoms with Gasteiger partial charge in [0, 0.05) is 22.3 Å². The van der Waals surface area contributed by atoms with Crippen LogP contribution in [0.25, 0.3) is 22.2 Å². The molecule has 2 aromatic heterocycles. The highest BCUT2D eigenvalue weighted by Crippen LogP contribution is 2.33. The summed E-state index contributed by atoms with van der Waals surface area (Å²) in [5, 5.41) is 5.11. The van der Waals surface area contributed by atoms with Gasteiger partial charge in [-0.25, -0.2) is 4.98 Å². The number of anilines is 2. The van der Waals surface area contributed by atoms with Crippen molar-refractivity contribution in [1.82, 2.24) is 9.97 Å². The molecule has 0 spiro atoms. The van der Waals surface area contributed by atoms with Gasteiger partial charge in [0.05, 0.1) is 11.2 Å². The summed E-state index contributed by atoms with van der Waals surface area (Å²) >= 11 is 6.30. The van der Waals surface area contributed by atoms with E-state index < -0.39 is 0 Å². The molecule has 4 aromatic rings. The lowest BCUT2D eigenvalue weighted by Crippen LogP contribution is -1.94. The van der Waals surface area contributed by atoms with Gasteiger partial charge in [0.25, 0.3) is 0 Å². The molecule has 3 nitrogen and oxygen atoms in total. The van der Waals surface area contributed by atoms with Crippen LogP contribution in [-0.4, -0.2) is 9.97 Å². The van der Waals surface area contributed by atoms with E-state index >= 15 is 0 Å². The number of fused-ring (bicyclic) bond motifs is 1. The van der Waals surface area contributed by atoms with E-state index in [1.165, 1.54) is 0 Å². The Morgan fingerprint density at radius 3 is 2.58 bits per heavy atom. The molecule has 0 saturated carbocycles. The van der Waals surface area contributed by atoms with Crippen molar-refractivity contribution in [2.75, 3.05) is 5.32 Å². The number of hydrogen-bond donors (Lipinski definition) is 2. The van der Waals surface area contributed by atoms with Crippen LogP contribution in [0.1, 0.15) is 5.56 Å². The largest absolute Gasteiger partial charge is 0.353 e. The van der Waals surface area contributed by atoms with Crippen LogP contribution in [0.5, 0.6) is 0 Å². The average molecular weight is 334 g/mol. The molecule has 118 valence electrons. The Hall–Kier alpha value is -2.78. The molecule has 2 N–H and O–H groups in total. The van der Waals surface area contributed by atoms with Crippen LogP contribution < -0.4 is 5.32 Å². The summed E-state index contributed by atoms with van der Waals surface area (Å²) in [6, 6.07) is 20.2. The van der Waals surface area contributed by atoms with Crippen LogP contribution in [0.2, 0.25) is 5.02 Å². The van der Waals surface area contributed by atoms with Gasteiger partial charge in [-0.15, -0.1) is 0 Å². The monoisotopic (exact) mass is 333 g/mol. The molecule has 0 bridgehead atoms. The minimum Gasteiger partial charge on any atom is -0.353 e. The van der Waals surface area contributed by atoms with E-state index in [2.05, 4.69) is 33.5 Å². The van der Waals surface area contributed by atoms with Gasteiger partial charge in [0.15, 0.2) is 0 Å². The van der Waals surface area contributed by atoms with Crippen molar-refractivity contribution < 1.29 is 0 Å². The third-order valence-electron chi connectivity index (χ3n) is 3.95. The van der Waals surface area contributed by atoms with E-state index in [0.717, 1.165) is 39.2 Å². The Labute approximate surface area is 145 Å². The summed E-state index contributed by atoms with van der Waals surface area (Å²) in [5.41, 5.74) is 5.26. The number of halogens is 1. The number of pyridine rings is 1. The van der Waals surface area contributed by atoms with E-state index in [9.17, 15) is 0 Å². The van der Waals surface area contributed by atoms with Gasteiger partial charge >= 0.3 is 0 Å². The SMILES string of the molecule is Cc1ccc(Nc2cc(Cl)cc3cc(-c4ccccc4)[nH]c23)nc1. The van der Waals surface area contributed by atoms with E-state index in [1.54, 1.807) is 0 Å². The Bertz CT molecular complexity index is 989. The summed E-state index contributed by atoms with van der Waals surface area (Å²) < 4.78 is 0. The maximum atomic E-state index is 6.30. The zero-order chi connectivity index (χ0) is 16.5. The lowest BCUT2D eigenvalue weighted by atomic mass is 10.1. The molecule has 0 fully saturated rings. The van der Waals surface area contributed by atoms with Crippen molar-refractivity contribution in [1.29, 1.82) is 0 Å². The fraction of sp³-hybridized carbons (Fsp3) is 0.0500. The van der Waals surface area contributed by atoms with Gasteiger partial charge in [-0.05, 0) is 42.3 Å². The Kier molecular flexibility index (Phi) is 3.71. The normalized spacial score (nSPS) is 10.9. The molecule has 0 radical (unpaired) electrons. The molecule has 0 atom stereocenters. The topological polar surface area (TPSA) is 40.7 Å². The summed E-state index contributed by atoms with van der Waals surface area (Å²) in [6.45, 7) is 2.02. The maximum absolute atomic E-state index is 6.30. The van der Waals surface area contributed by atoms with Crippen LogP contribution in [0.3, 0.4) is 0 Å². The highest BCUT2D eigenvalue weighted by molar-refractivity contribution is 6.32. The zero-order valence-electron chi connectivity index (χ0n) is 13.2. The number of aromatic nitrogens is 2. The van der Waals surface area contributed by atoms with E-state index in [0.29, 0.717) is 5.02 Å². The number of nitrogens with one attached hydrogen (secondary N) is 2. The molecular weight excluding hydrogens is 318 g/mol. The van der Waals surface area contributed by atoms with Crippen molar-refractivity contribution in [3.05, 3.63) is 77.4 Å². The van der Waals surface area contributed by atoms with Gasteiger partial charge in [-0.1, -0.05) is 48.0 Å². The van der Waals surface area contributed by atoms with Crippen LogP contribution >= 0.6 is 11.6 Å². The van der Waals surface area contributed by atoms with Crippen molar-refractivity contribution in [3.63, 3.8) is 0 Å². The lowest BCUT2D eigenvalue weighted by molar-refractivity contribution is 1.26. The number of nitrogens with zero attached hydrogens (tertiary/aromatic N) is 1. The van der Waals surface area contributed by atoms with Crippen molar-refractivity contribution in [2.24, 2.45) is 0 Å². The summed E-state index contributed by atoms with van der Waals surface area (Å²) in [7, 11) is 0. The predicted octanol–water partition coefficient (Wildman–Crippen LogP) is 5.94. The van der Waals surface area contributed by atoms with Crippen LogP contribution in [0, 0.1) is 6.92 Å². The summed E-state index contributed by atoms with van der Waals surface area (Å²) in [6.07, 6.45) is 1.84. The van der Waals surface area contributed by atoms with Gasteiger partial charge in [-0.2, -0.15) is 0 Å². The van der Waals surface area contributed by atoms with Gasteiger partial charge in [0.2, 0.25) is 0 Å². The van der Waals surface area contributed by atoms with Gasteiger partial charge in [0.1, 0.15) is 5.82 Å². The van der Waals surface area contributed by atoms with E-state index in [-0.39, 0.29) is 0 Å². The Balaban J connectivity index is 1.80. The molecule has 4 heteroatoms. The third kappa shape index (κ3) is 2.86. The highest BCUT2D eigenvalue weighted by atomic mass is 35.5. The number of benzene rings is 2. The second kappa shape index (κ2) is 6.02. The number of aromatic amines is 1. The Morgan fingerprint density at radius 2 is 1.83 bits per heavy atom. The fourth-order valence-electron chi connectivity index (χ4n) is 2.76. The van der Waals surface area contributed by atoms with Crippen molar-refractivity contribution in [2.45, 2.75) is 6.92 Å². The fourth-order valence-corrected chi connectivity index (χ4v) is 2.99. The molecule has 2 aromatic carbocycles. The molecule has 0 aliphatic carbocycles. The van der Waals surface area contributed by atoms with Crippen molar-refractivity contribution >= 4 is 34.0 Å². The smallest absolute Gasteiger partial charge is 0.130 e. The van der Waals surface area contributed by atoms with Crippen LogP contribution in [-0.2, 0) is 0 Å². The first-order valence-corrected chi connectivity index (χ1v) is 8.14. The number of rotatable bonds is 3. The molecule has 2 heterocycles. The third-order valence-corrected chi connectivity index (χ3v) is 4.17. The molecule has 0 aliphatic rings. The summed E-state index contributed by atoms with van der Waals surface area (Å²) in [5.74, 6) is 0.792. The predicted molar refractivity (Wildman–Crippen MR) is 101 cm³/mol. The first-order chi connectivity index (χ1) is 11.7. The van der Waals surface area contributed by atoms with Crippen LogP contribution in [0.15, 0.2) is 66.9 Å². The molecule has 4 rings (SSSR count). The number of H-pyrrole nitrogens is 1. The first kappa shape index (κ1) is 14.8. The molecule has 0 unspecified atom stereocenters. The minimum atomic E-state index is 0.690. The zero-order valence-corrected chi connectivity index (χ0v) is 13.9. The summed E-state index contributed by atoms with van der Waals surface area (Å²) in [4.78, 5) is 7.90. The minimum absolute atomic E-state index is 0.690. The molecule has 0 amide bonds. The standard InChI is InChI=1S/C20H16ClN3/c1-13-7-8-19(22-12-13)23-18-11-16(21)9-15-10-17(24-20(15)18)14-5-3-2-4-6-14/h2-12,24H,1H3,(H,22,23). The lowest BCUT2D eigenvalue weighted by Gasteiger charge is -2.08. The number of aryl methyl sites for hydroxylation is 1. The van der Waals surface area contributed by atoms with E-state index in [1.807, 2.05) is 55.6 Å². The van der Waals surface area contributed by atoms with Gasteiger partial charge < -0.3 is 10.3 Å². The van der Waals surface area contributed by atoms with Crippen LogP contribution in [0.4, 0.5) is 11.5 Å². The first-order valence-electron chi connectivity index (χ1n) is 7.76. The quantitative estimate of drug-likeness (QED) is 0.487. The van der Waals surface area contributed by atoms with E-state index in [4.69, 9.17) is 11.6 Å². The molecule has 0 saturated heterocycles. The Morgan fingerprint density at radius 1 is 1.00 bits per heavy atom. The number of hydrogen-bond acceptors (Lipinski definition) is 2. The van der Waals surface area contributed by atoms with Gasteiger partial charge in [-0.3, -0.25) is 0 Å². The second-order valence-electron chi connectivity index (χ2n) is 5.81. The maximum Gasteiger partial charge on any atom is 0.130 e. The average Bonchev–Trinajstić information content (AvgIpc) is 3.02. The molecule has 24 heavy (non-hydrogen) atoms.